The zero-order chi connectivity index (χ0) is 24.3. The summed E-state index contributed by atoms with van der Waals surface area (Å²) in [5.74, 6) is 0. The Balaban J connectivity index is 1.38. The highest BCUT2D eigenvalue weighted by Crippen LogP contribution is 2.49. The molecule has 0 atom stereocenters. The van der Waals surface area contributed by atoms with Gasteiger partial charge in [0.15, 0.2) is 0 Å². The van der Waals surface area contributed by atoms with Gasteiger partial charge in [0.25, 0.3) is 0 Å². The van der Waals surface area contributed by atoms with Crippen molar-refractivity contribution in [1.82, 2.24) is 9.97 Å². The van der Waals surface area contributed by atoms with E-state index in [9.17, 15) is 0 Å². The van der Waals surface area contributed by atoms with Gasteiger partial charge in [0.1, 0.15) is 0 Å². The summed E-state index contributed by atoms with van der Waals surface area (Å²) in [5.41, 5.74) is 8.75. The van der Waals surface area contributed by atoms with Gasteiger partial charge in [-0.2, -0.15) is 0 Å². The Labute approximate surface area is 215 Å². The molecule has 0 saturated heterocycles. The highest BCUT2D eigenvalue weighted by Gasteiger charge is 2.33. The van der Waals surface area contributed by atoms with Crippen molar-refractivity contribution in [2.75, 3.05) is 0 Å². The normalized spacial score (nSPS) is 13.9. The maximum absolute atomic E-state index is 5.18. The predicted molar refractivity (Wildman–Crippen MR) is 151 cm³/mol. The lowest BCUT2D eigenvalue weighted by Crippen LogP contribution is -2.23. The smallest absolute Gasteiger partial charge is 0.0972 e. The minimum absolute atomic E-state index is 0.0666. The van der Waals surface area contributed by atoms with Crippen molar-refractivity contribution in [3.63, 3.8) is 0 Å². The molecule has 1 aliphatic heterocycles. The molecule has 0 bridgehead atoms. The summed E-state index contributed by atoms with van der Waals surface area (Å²) in [6.07, 6.45) is 0. The van der Waals surface area contributed by atoms with Gasteiger partial charge in [-0.25, -0.2) is 9.97 Å². The van der Waals surface area contributed by atoms with Gasteiger partial charge in [-0.1, -0.05) is 104 Å². The quantitative estimate of drug-likeness (QED) is 0.231. The molecule has 3 heterocycles. The van der Waals surface area contributed by atoms with E-state index in [1.54, 1.807) is 0 Å². The first-order valence-corrected chi connectivity index (χ1v) is 13.1. The van der Waals surface area contributed by atoms with Crippen LogP contribution in [0.1, 0.15) is 25.0 Å². The number of rotatable bonds is 2. The van der Waals surface area contributed by atoms with Gasteiger partial charge in [-0.15, -0.1) is 0 Å². The molecular formula is C33H24N2S. The summed E-state index contributed by atoms with van der Waals surface area (Å²) in [7, 11) is 0. The fourth-order valence-corrected chi connectivity index (χ4v) is 6.68. The molecule has 0 fully saturated rings. The van der Waals surface area contributed by atoms with Crippen LogP contribution in [0.15, 0.2) is 119 Å². The van der Waals surface area contributed by atoms with E-state index in [4.69, 9.17) is 9.97 Å². The van der Waals surface area contributed by atoms with Crippen molar-refractivity contribution < 1.29 is 0 Å². The van der Waals surface area contributed by atoms with Crippen LogP contribution in [0.4, 0.5) is 0 Å². The molecule has 172 valence electrons. The highest BCUT2D eigenvalue weighted by atomic mass is 32.2. The monoisotopic (exact) mass is 480 g/mol. The van der Waals surface area contributed by atoms with E-state index in [0.717, 1.165) is 44.3 Å². The molecule has 0 amide bonds. The number of aromatic nitrogens is 2. The van der Waals surface area contributed by atoms with E-state index < -0.39 is 0 Å². The SMILES string of the molecule is CC1(C)c2ccccc2Sc2ccc(-c3ccc4ccc5ccc(-c6ccccc6)nc5c4n3)cc21. The van der Waals surface area contributed by atoms with E-state index in [-0.39, 0.29) is 5.41 Å². The van der Waals surface area contributed by atoms with Crippen LogP contribution < -0.4 is 0 Å². The Morgan fingerprint density at radius 2 is 1.11 bits per heavy atom. The minimum Gasteiger partial charge on any atom is -0.245 e. The lowest BCUT2D eigenvalue weighted by Gasteiger charge is -2.34. The summed E-state index contributed by atoms with van der Waals surface area (Å²) in [5, 5.41) is 2.21. The molecule has 0 radical (unpaired) electrons. The first-order valence-electron chi connectivity index (χ1n) is 12.3. The molecule has 3 heteroatoms. The summed E-state index contributed by atoms with van der Waals surface area (Å²) >= 11 is 1.86. The van der Waals surface area contributed by atoms with Crippen molar-refractivity contribution in [2.24, 2.45) is 0 Å². The standard InChI is InChI=1S/C33H24N2S/c1-33(2)25-10-6-7-11-29(25)36-30-19-16-24(20-26(30)33)28-18-15-23-13-12-22-14-17-27(21-8-4-3-5-9-21)34-31(22)32(23)35-28/h3-20H,1-2H3. The van der Waals surface area contributed by atoms with E-state index >= 15 is 0 Å². The van der Waals surface area contributed by atoms with Gasteiger partial charge in [-0.3, -0.25) is 0 Å². The van der Waals surface area contributed by atoms with Gasteiger partial charge >= 0.3 is 0 Å². The van der Waals surface area contributed by atoms with E-state index in [1.165, 1.54) is 20.9 Å². The summed E-state index contributed by atoms with van der Waals surface area (Å²) < 4.78 is 0. The fourth-order valence-electron chi connectivity index (χ4n) is 5.30. The molecular weight excluding hydrogens is 456 g/mol. The van der Waals surface area contributed by atoms with Crippen molar-refractivity contribution in [3.8, 4) is 22.5 Å². The highest BCUT2D eigenvalue weighted by molar-refractivity contribution is 7.99. The molecule has 1 aliphatic rings. The molecule has 0 aliphatic carbocycles. The first kappa shape index (κ1) is 21.3. The van der Waals surface area contributed by atoms with Crippen LogP contribution >= 0.6 is 11.8 Å². The second-order valence-electron chi connectivity index (χ2n) is 9.90. The van der Waals surface area contributed by atoms with Crippen molar-refractivity contribution >= 4 is 33.6 Å². The molecule has 6 aromatic rings. The predicted octanol–water partition coefficient (Wildman–Crippen LogP) is 8.91. The van der Waals surface area contributed by atoms with Crippen molar-refractivity contribution in [2.45, 2.75) is 29.1 Å². The van der Waals surface area contributed by atoms with E-state index in [2.05, 4.69) is 117 Å². The number of hydrogen-bond acceptors (Lipinski definition) is 3. The molecule has 2 nitrogen and oxygen atoms in total. The number of hydrogen-bond donors (Lipinski definition) is 0. The summed E-state index contributed by atoms with van der Waals surface area (Å²) in [6.45, 7) is 4.65. The Hall–Kier alpha value is -3.95. The third-order valence-electron chi connectivity index (χ3n) is 7.32. The number of benzene rings is 4. The van der Waals surface area contributed by atoms with E-state index in [1.807, 2.05) is 17.8 Å². The third-order valence-corrected chi connectivity index (χ3v) is 8.47. The van der Waals surface area contributed by atoms with Crippen LogP contribution in [0.2, 0.25) is 0 Å². The minimum atomic E-state index is -0.0666. The van der Waals surface area contributed by atoms with Crippen LogP contribution in [0.3, 0.4) is 0 Å². The van der Waals surface area contributed by atoms with Crippen LogP contribution in [0.5, 0.6) is 0 Å². The average Bonchev–Trinajstić information content (AvgIpc) is 2.93. The average molecular weight is 481 g/mol. The summed E-state index contributed by atoms with van der Waals surface area (Å²) in [6, 6.07) is 38.7. The molecule has 0 saturated carbocycles. The zero-order valence-corrected chi connectivity index (χ0v) is 21.0. The zero-order valence-electron chi connectivity index (χ0n) is 20.2. The van der Waals surface area contributed by atoms with Crippen LogP contribution in [0.25, 0.3) is 44.3 Å². The van der Waals surface area contributed by atoms with Gasteiger partial charge in [0, 0.05) is 37.1 Å². The summed E-state index contributed by atoms with van der Waals surface area (Å²) in [4.78, 5) is 12.9. The lowest BCUT2D eigenvalue weighted by molar-refractivity contribution is 0.607. The van der Waals surface area contributed by atoms with Crippen molar-refractivity contribution in [3.05, 3.63) is 120 Å². The number of pyridine rings is 2. The molecule has 0 N–H and O–H groups in total. The van der Waals surface area contributed by atoms with Gasteiger partial charge in [-0.05, 0) is 41.5 Å². The lowest BCUT2D eigenvalue weighted by atomic mass is 9.77. The van der Waals surface area contributed by atoms with Crippen LogP contribution in [0, 0.1) is 0 Å². The molecule has 0 unspecified atom stereocenters. The van der Waals surface area contributed by atoms with Crippen LogP contribution in [-0.4, -0.2) is 9.97 Å². The Morgan fingerprint density at radius 1 is 0.528 bits per heavy atom. The Morgan fingerprint density at radius 3 is 1.83 bits per heavy atom. The largest absolute Gasteiger partial charge is 0.245 e. The Bertz CT molecular complexity index is 1790. The molecule has 4 aromatic carbocycles. The molecule has 2 aromatic heterocycles. The second-order valence-corrected chi connectivity index (χ2v) is 11.0. The fraction of sp³-hybridized carbons (Fsp3) is 0.0909. The van der Waals surface area contributed by atoms with Gasteiger partial charge in [0.2, 0.25) is 0 Å². The van der Waals surface area contributed by atoms with Crippen molar-refractivity contribution in [1.29, 1.82) is 0 Å². The second kappa shape index (κ2) is 8.04. The molecule has 0 spiro atoms. The molecule has 36 heavy (non-hydrogen) atoms. The Kier molecular flexibility index (Phi) is 4.77. The first-order chi connectivity index (χ1) is 17.6. The van der Waals surface area contributed by atoms with Crippen LogP contribution in [-0.2, 0) is 5.41 Å². The number of nitrogens with zero attached hydrogens (tertiary/aromatic N) is 2. The molecule has 7 rings (SSSR count). The van der Waals surface area contributed by atoms with E-state index in [0.29, 0.717) is 0 Å². The third kappa shape index (κ3) is 3.35. The van der Waals surface area contributed by atoms with Gasteiger partial charge < -0.3 is 0 Å². The number of fused-ring (bicyclic) bond motifs is 5. The maximum atomic E-state index is 5.18. The maximum Gasteiger partial charge on any atom is 0.0972 e. The van der Waals surface area contributed by atoms with Gasteiger partial charge in [0.05, 0.1) is 22.4 Å². The topological polar surface area (TPSA) is 25.8 Å².